The number of aliphatic hydroxyl groups excluding tert-OH is 1. The molecule has 0 saturated heterocycles. The molecule has 0 aromatic heterocycles. The topological polar surface area (TPSA) is 125 Å². The fourth-order valence-electron chi connectivity index (χ4n) is 5.49. The molecule has 45 heavy (non-hydrogen) atoms. The smallest absolute Gasteiger partial charge is 0.343 e. The van der Waals surface area contributed by atoms with Gasteiger partial charge in [-0.15, -0.1) is 0 Å². The molecule has 0 aliphatic heterocycles. The van der Waals surface area contributed by atoms with E-state index < -0.39 is 30.5 Å². The first-order valence-corrected chi connectivity index (χ1v) is 14.8. The average Bonchev–Trinajstić information content (AvgIpc) is 3.32. The van der Waals surface area contributed by atoms with Gasteiger partial charge in [0.2, 0.25) is 0 Å². The van der Waals surface area contributed by atoms with Gasteiger partial charge >= 0.3 is 23.9 Å². The van der Waals surface area contributed by atoms with E-state index in [1.54, 1.807) is 24.3 Å². The largest absolute Gasteiger partial charge is 0.462 e. The molecule has 3 aromatic carbocycles. The van der Waals surface area contributed by atoms with Gasteiger partial charge in [0.1, 0.15) is 23.4 Å². The lowest BCUT2D eigenvalue weighted by Crippen LogP contribution is -2.22. The highest BCUT2D eigenvalue weighted by atomic mass is 16.6. The van der Waals surface area contributed by atoms with Gasteiger partial charge in [-0.1, -0.05) is 38.6 Å². The summed E-state index contributed by atoms with van der Waals surface area (Å²) in [4.78, 5) is 49.7. The molecule has 232 valence electrons. The lowest BCUT2D eigenvalue weighted by molar-refractivity contribution is -0.150. The van der Waals surface area contributed by atoms with Crippen LogP contribution in [-0.2, 0) is 19.1 Å². The van der Waals surface area contributed by atoms with Gasteiger partial charge in [-0.2, -0.15) is 0 Å². The number of benzene rings is 3. The summed E-state index contributed by atoms with van der Waals surface area (Å²) in [5.74, 6) is -1.79. The molecule has 0 spiro atoms. The molecular formula is C36H34O9. The van der Waals surface area contributed by atoms with Crippen LogP contribution in [0.2, 0.25) is 0 Å². The molecule has 0 radical (unpaired) electrons. The van der Waals surface area contributed by atoms with E-state index >= 15 is 0 Å². The van der Waals surface area contributed by atoms with E-state index in [2.05, 4.69) is 13.2 Å². The zero-order chi connectivity index (χ0) is 32.1. The van der Waals surface area contributed by atoms with Crippen LogP contribution in [0.25, 0.3) is 11.1 Å². The van der Waals surface area contributed by atoms with E-state index in [-0.39, 0.29) is 41.1 Å². The van der Waals surface area contributed by atoms with Crippen molar-refractivity contribution in [3.63, 3.8) is 0 Å². The summed E-state index contributed by atoms with van der Waals surface area (Å²) in [5.41, 5.74) is 4.08. The second kappa shape index (κ2) is 13.7. The van der Waals surface area contributed by atoms with Crippen LogP contribution < -0.4 is 14.2 Å². The van der Waals surface area contributed by atoms with E-state index in [4.69, 9.17) is 24.1 Å². The Morgan fingerprint density at radius 3 is 1.96 bits per heavy atom. The third-order valence-corrected chi connectivity index (χ3v) is 7.97. The van der Waals surface area contributed by atoms with Crippen molar-refractivity contribution in [1.29, 1.82) is 0 Å². The van der Waals surface area contributed by atoms with Crippen LogP contribution in [0.5, 0.6) is 17.2 Å². The van der Waals surface area contributed by atoms with Gasteiger partial charge in [0, 0.05) is 11.5 Å². The summed E-state index contributed by atoms with van der Waals surface area (Å²) >= 11 is 0. The summed E-state index contributed by atoms with van der Waals surface area (Å²) in [7, 11) is 0. The molecule has 9 nitrogen and oxygen atoms in total. The fourth-order valence-corrected chi connectivity index (χ4v) is 5.49. The standard InChI is InChI=1S/C36H34O9/c1-21(17-33(38)42-25-7-5-4-6-8-25)34(39)43-26-10-12-27(13-11-26)44-36(41)24-9-15-29-30-16-14-28(45-35(40)22(2)20-37)19-32(30)23(3)31(29)18-24/h9-16,18-19,23,25,37H,1-2,4-8,17,20H2,3H3. The third kappa shape index (κ3) is 7.38. The number of hydrogen-bond acceptors (Lipinski definition) is 9. The Hall–Kier alpha value is -5.02. The Morgan fingerprint density at radius 1 is 0.733 bits per heavy atom. The van der Waals surface area contributed by atoms with E-state index in [1.807, 2.05) is 19.1 Å². The highest BCUT2D eigenvalue weighted by molar-refractivity contribution is 5.95. The molecular weight excluding hydrogens is 576 g/mol. The number of ether oxygens (including phenoxy) is 4. The van der Waals surface area contributed by atoms with Gasteiger partial charge in [0.25, 0.3) is 0 Å². The lowest BCUT2D eigenvalue weighted by Gasteiger charge is -2.21. The molecule has 1 saturated carbocycles. The number of aliphatic hydroxyl groups is 1. The highest BCUT2D eigenvalue weighted by Gasteiger charge is 2.28. The van der Waals surface area contributed by atoms with Crippen LogP contribution in [0.4, 0.5) is 0 Å². The molecule has 0 heterocycles. The lowest BCUT2D eigenvalue weighted by atomic mass is 9.98. The van der Waals surface area contributed by atoms with Crippen LogP contribution in [-0.4, -0.2) is 41.7 Å². The molecule has 1 atom stereocenters. The van der Waals surface area contributed by atoms with E-state index in [0.29, 0.717) is 11.3 Å². The normalized spacial score (nSPS) is 15.3. The zero-order valence-electron chi connectivity index (χ0n) is 25.0. The SMILES string of the molecule is C=C(CO)C(=O)Oc1ccc2c(c1)C(C)c1cc(C(=O)Oc3ccc(OC(=O)C(=C)CC(=O)OC4CCCCC4)cc3)ccc1-2. The molecule has 5 rings (SSSR count). The summed E-state index contributed by atoms with van der Waals surface area (Å²) in [6, 6.07) is 16.6. The molecule has 9 heteroatoms. The Labute approximate surface area is 261 Å². The van der Waals surface area contributed by atoms with Crippen LogP contribution in [0.3, 0.4) is 0 Å². The van der Waals surface area contributed by atoms with Gasteiger partial charge in [-0.05, 0) is 96.5 Å². The number of carbonyl (C=O) groups is 4. The second-order valence-corrected chi connectivity index (χ2v) is 11.2. The van der Waals surface area contributed by atoms with Gasteiger partial charge < -0.3 is 24.1 Å². The third-order valence-electron chi connectivity index (χ3n) is 7.97. The Balaban J connectivity index is 1.16. The molecule has 2 aliphatic carbocycles. The van der Waals surface area contributed by atoms with Crippen molar-refractivity contribution in [2.75, 3.05) is 6.61 Å². The Bertz CT molecular complexity index is 1660. The van der Waals surface area contributed by atoms with Crippen molar-refractivity contribution >= 4 is 23.9 Å². The van der Waals surface area contributed by atoms with Crippen molar-refractivity contribution < 1.29 is 43.2 Å². The summed E-state index contributed by atoms with van der Waals surface area (Å²) in [6.07, 6.45) is 4.52. The molecule has 1 unspecified atom stereocenters. The number of fused-ring (bicyclic) bond motifs is 3. The Kier molecular flexibility index (Phi) is 9.59. The van der Waals surface area contributed by atoms with Crippen molar-refractivity contribution in [3.05, 3.63) is 102 Å². The maximum Gasteiger partial charge on any atom is 0.343 e. The quantitative estimate of drug-likeness (QED) is 0.162. The van der Waals surface area contributed by atoms with Crippen molar-refractivity contribution in [2.45, 2.75) is 57.5 Å². The zero-order valence-corrected chi connectivity index (χ0v) is 25.0. The van der Waals surface area contributed by atoms with Crippen molar-refractivity contribution in [3.8, 4) is 28.4 Å². The summed E-state index contributed by atoms with van der Waals surface area (Å²) in [6.45, 7) is 8.66. The van der Waals surface area contributed by atoms with Gasteiger partial charge in [0.05, 0.1) is 24.2 Å². The Morgan fingerprint density at radius 2 is 1.29 bits per heavy atom. The minimum absolute atomic E-state index is 0.0101. The van der Waals surface area contributed by atoms with Crippen LogP contribution in [0.1, 0.15) is 72.9 Å². The van der Waals surface area contributed by atoms with Crippen LogP contribution in [0.15, 0.2) is 85.0 Å². The minimum Gasteiger partial charge on any atom is -0.462 e. The predicted octanol–water partition coefficient (Wildman–Crippen LogP) is 6.22. The van der Waals surface area contributed by atoms with E-state index in [9.17, 15) is 19.2 Å². The molecule has 3 aromatic rings. The fraction of sp³-hybridized carbons (Fsp3) is 0.278. The molecule has 1 fully saturated rings. The summed E-state index contributed by atoms with van der Waals surface area (Å²) in [5, 5.41) is 9.12. The first kappa shape index (κ1) is 31.4. The first-order valence-electron chi connectivity index (χ1n) is 14.8. The van der Waals surface area contributed by atoms with Crippen molar-refractivity contribution in [1.82, 2.24) is 0 Å². The maximum atomic E-state index is 13.0. The van der Waals surface area contributed by atoms with Crippen molar-refractivity contribution in [2.24, 2.45) is 0 Å². The summed E-state index contributed by atoms with van der Waals surface area (Å²) < 4.78 is 21.6. The predicted molar refractivity (Wildman–Crippen MR) is 165 cm³/mol. The highest BCUT2D eigenvalue weighted by Crippen LogP contribution is 2.46. The van der Waals surface area contributed by atoms with Gasteiger partial charge in [-0.3, -0.25) is 4.79 Å². The van der Waals surface area contributed by atoms with Gasteiger partial charge in [-0.25, -0.2) is 14.4 Å². The molecule has 0 amide bonds. The number of esters is 4. The monoisotopic (exact) mass is 610 g/mol. The second-order valence-electron chi connectivity index (χ2n) is 11.2. The van der Waals surface area contributed by atoms with E-state index in [1.165, 1.54) is 24.3 Å². The first-order chi connectivity index (χ1) is 21.6. The van der Waals surface area contributed by atoms with E-state index in [0.717, 1.165) is 54.4 Å². The van der Waals surface area contributed by atoms with Crippen LogP contribution >= 0.6 is 0 Å². The minimum atomic E-state index is -0.741. The molecule has 1 N–H and O–H groups in total. The van der Waals surface area contributed by atoms with Crippen LogP contribution in [0, 0.1) is 0 Å². The number of carbonyl (C=O) groups excluding carboxylic acids is 4. The number of hydrogen-bond donors (Lipinski definition) is 1. The average molecular weight is 611 g/mol. The maximum absolute atomic E-state index is 13.0. The number of rotatable bonds is 10. The molecule has 2 aliphatic rings. The van der Waals surface area contributed by atoms with Gasteiger partial charge in [0.15, 0.2) is 0 Å². The molecule has 0 bridgehead atoms.